The van der Waals surface area contributed by atoms with E-state index in [2.05, 4.69) is 33.6 Å². The molecular weight excluding hydrogens is 462 g/mol. The van der Waals surface area contributed by atoms with Gasteiger partial charge in [-0.2, -0.15) is 12.6 Å². The van der Waals surface area contributed by atoms with Crippen molar-refractivity contribution in [3.8, 4) is 0 Å². The molecule has 0 aliphatic rings. The maximum Gasteiger partial charge on any atom is 0.328 e. The number of carbonyl (C=O) groups excluding carboxylic acids is 3. The highest BCUT2D eigenvalue weighted by Gasteiger charge is 2.30. The highest BCUT2D eigenvalue weighted by molar-refractivity contribution is 7.80. The topological polar surface area (TPSA) is 187 Å². The molecule has 2 aromatic rings. The van der Waals surface area contributed by atoms with Crippen molar-refractivity contribution in [1.29, 1.82) is 0 Å². The molecule has 3 amide bonds. The van der Waals surface area contributed by atoms with E-state index in [0.717, 1.165) is 16.5 Å². The SMILES string of the molecule is CC(C)C(N)C(=O)NC(Cc1c[nH]c2ccccc12)C(=O)NC(CS)C(=O)NC(CO)C(=O)O. The molecule has 0 fully saturated rings. The van der Waals surface area contributed by atoms with Crippen LogP contribution in [0.1, 0.15) is 19.4 Å². The van der Waals surface area contributed by atoms with Crippen molar-refractivity contribution < 1.29 is 29.4 Å². The summed E-state index contributed by atoms with van der Waals surface area (Å²) < 4.78 is 0. The fourth-order valence-corrected chi connectivity index (χ4v) is 3.48. The number of aromatic nitrogens is 1. The molecule has 1 aromatic heterocycles. The molecule has 11 nitrogen and oxygen atoms in total. The first-order valence-corrected chi connectivity index (χ1v) is 11.4. The van der Waals surface area contributed by atoms with Crippen molar-refractivity contribution in [3.05, 3.63) is 36.0 Å². The first kappa shape index (κ1) is 27.2. The molecule has 0 bridgehead atoms. The van der Waals surface area contributed by atoms with E-state index < -0.39 is 54.5 Å². The van der Waals surface area contributed by atoms with E-state index in [1.54, 1.807) is 20.0 Å². The van der Waals surface area contributed by atoms with Crippen LogP contribution in [0.4, 0.5) is 0 Å². The van der Waals surface area contributed by atoms with Gasteiger partial charge < -0.3 is 36.9 Å². The average Bonchev–Trinajstić information content (AvgIpc) is 3.22. The summed E-state index contributed by atoms with van der Waals surface area (Å²) in [5.74, 6) is -3.76. The summed E-state index contributed by atoms with van der Waals surface area (Å²) in [5, 5.41) is 26.3. The maximum absolute atomic E-state index is 13.1. The molecule has 2 rings (SSSR count). The number of nitrogens with two attached hydrogens (primary N) is 1. The number of carboxylic acid groups (broad SMARTS) is 1. The first-order chi connectivity index (χ1) is 16.1. The molecule has 8 N–H and O–H groups in total. The number of aliphatic carboxylic acids is 1. The minimum atomic E-state index is -1.53. The Bertz CT molecular complexity index is 1030. The molecule has 4 unspecified atom stereocenters. The van der Waals surface area contributed by atoms with Gasteiger partial charge >= 0.3 is 5.97 Å². The number of para-hydroxylation sites is 1. The number of hydrogen-bond acceptors (Lipinski definition) is 7. The molecule has 0 spiro atoms. The second kappa shape index (κ2) is 12.4. The van der Waals surface area contributed by atoms with Gasteiger partial charge in [0.25, 0.3) is 0 Å². The molecule has 34 heavy (non-hydrogen) atoms. The fraction of sp³-hybridized carbons (Fsp3) is 0.455. The molecule has 1 aromatic carbocycles. The molecule has 12 heteroatoms. The standard InChI is InChI=1S/C22H31N5O6S/c1-11(2)18(23)21(31)25-15(7-12-8-24-14-6-4-3-5-13(12)14)19(29)27-17(10-34)20(30)26-16(9-28)22(32)33/h3-6,8,11,15-18,24,28,34H,7,9-10,23H2,1-2H3,(H,25,31)(H,26,30)(H,27,29)(H,32,33). The number of aliphatic hydroxyl groups is 1. The van der Waals surface area contributed by atoms with E-state index in [-0.39, 0.29) is 18.1 Å². The second-order valence-corrected chi connectivity index (χ2v) is 8.59. The number of thiol groups is 1. The van der Waals surface area contributed by atoms with Gasteiger partial charge in [0.15, 0.2) is 0 Å². The van der Waals surface area contributed by atoms with Gasteiger partial charge in [-0.15, -0.1) is 0 Å². The van der Waals surface area contributed by atoms with Crippen molar-refractivity contribution in [3.63, 3.8) is 0 Å². The molecule has 4 atom stereocenters. The van der Waals surface area contributed by atoms with Crippen molar-refractivity contribution in [2.75, 3.05) is 12.4 Å². The summed E-state index contributed by atoms with van der Waals surface area (Å²) in [6, 6.07) is 2.82. The zero-order chi connectivity index (χ0) is 25.4. The third-order valence-electron chi connectivity index (χ3n) is 5.37. The first-order valence-electron chi connectivity index (χ1n) is 10.7. The van der Waals surface area contributed by atoms with Crippen LogP contribution in [0.25, 0.3) is 10.9 Å². The Morgan fingerprint density at radius 3 is 2.18 bits per heavy atom. The average molecular weight is 494 g/mol. The monoisotopic (exact) mass is 493 g/mol. The number of H-pyrrole nitrogens is 1. The van der Waals surface area contributed by atoms with Gasteiger partial charge in [0.1, 0.15) is 18.1 Å². The van der Waals surface area contributed by atoms with Gasteiger partial charge in [-0.05, 0) is 17.5 Å². The summed E-state index contributed by atoms with van der Waals surface area (Å²) in [6.45, 7) is 2.74. The lowest BCUT2D eigenvalue weighted by Gasteiger charge is -2.25. The van der Waals surface area contributed by atoms with E-state index in [0.29, 0.717) is 0 Å². The zero-order valence-corrected chi connectivity index (χ0v) is 19.8. The summed E-state index contributed by atoms with van der Waals surface area (Å²) in [6.07, 6.45) is 1.85. The number of benzene rings is 1. The number of fused-ring (bicyclic) bond motifs is 1. The van der Waals surface area contributed by atoms with Crippen molar-refractivity contribution in [2.24, 2.45) is 11.7 Å². The van der Waals surface area contributed by atoms with Gasteiger partial charge in [0.2, 0.25) is 17.7 Å². The summed E-state index contributed by atoms with van der Waals surface area (Å²) in [7, 11) is 0. The normalized spacial score (nSPS) is 14.8. The summed E-state index contributed by atoms with van der Waals surface area (Å²) in [4.78, 5) is 52.4. The Morgan fingerprint density at radius 2 is 1.59 bits per heavy atom. The van der Waals surface area contributed by atoms with Gasteiger partial charge in [-0.3, -0.25) is 14.4 Å². The van der Waals surface area contributed by atoms with E-state index in [4.69, 9.17) is 15.9 Å². The number of aromatic amines is 1. The van der Waals surface area contributed by atoms with Crippen LogP contribution in [-0.2, 0) is 25.6 Å². The number of nitrogens with one attached hydrogen (secondary N) is 4. The predicted molar refractivity (Wildman–Crippen MR) is 129 cm³/mol. The number of hydrogen-bond donors (Lipinski definition) is 8. The highest BCUT2D eigenvalue weighted by atomic mass is 32.1. The number of aliphatic hydroxyl groups excluding tert-OH is 1. The van der Waals surface area contributed by atoms with Crippen LogP contribution in [0.15, 0.2) is 30.5 Å². The molecule has 0 saturated carbocycles. The number of rotatable bonds is 12. The number of carboxylic acids is 1. The van der Waals surface area contributed by atoms with Crippen molar-refractivity contribution in [2.45, 2.75) is 44.4 Å². The smallest absolute Gasteiger partial charge is 0.328 e. The third-order valence-corrected chi connectivity index (χ3v) is 5.73. The third kappa shape index (κ3) is 6.95. The molecule has 0 aliphatic heterocycles. The van der Waals surface area contributed by atoms with Crippen LogP contribution in [0.5, 0.6) is 0 Å². The lowest BCUT2D eigenvalue weighted by atomic mass is 10.0. The van der Waals surface area contributed by atoms with Crippen LogP contribution in [0, 0.1) is 5.92 Å². The Balaban J connectivity index is 2.24. The van der Waals surface area contributed by atoms with Crippen LogP contribution < -0.4 is 21.7 Å². The quantitative estimate of drug-likeness (QED) is 0.177. The van der Waals surface area contributed by atoms with E-state index in [1.165, 1.54) is 0 Å². The Morgan fingerprint density at radius 1 is 1.00 bits per heavy atom. The van der Waals surface area contributed by atoms with Gasteiger partial charge in [-0.1, -0.05) is 32.0 Å². The van der Waals surface area contributed by atoms with Crippen molar-refractivity contribution in [1.82, 2.24) is 20.9 Å². The Labute approximate surface area is 202 Å². The predicted octanol–water partition coefficient (Wildman–Crippen LogP) is -0.845. The number of amides is 3. The highest BCUT2D eigenvalue weighted by Crippen LogP contribution is 2.19. The Kier molecular flexibility index (Phi) is 9.90. The van der Waals surface area contributed by atoms with Crippen molar-refractivity contribution >= 4 is 47.2 Å². The maximum atomic E-state index is 13.1. The lowest BCUT2D eigenvalue weighted by Crippen LogP contribution is -2.58. The summed E-state index contributed by atoms with van der Waals surface area (Å²) in [5.41, 5.74) is 7.57. The van der Waals surface area contributed by atoms with Crippen LogP contribution in [0.2, 0.25) is 0 Å². The number of carbonyl (C=O) groups is 4. The molecule has 1 heterocycles. The van der Waals surface area contributed by atoms with Crippen LogP contribution in [-0.4, -0.2) is 75.4 Å². The minimum Gasteiger partial charge on any atom is -0.480 e. The van der Waals surface area contributed by atoms with Crippen LogP contribution in [0.3, 0.4) is 0 Å². The zero-order valence-electron chi connectivity index (χ0n) is 18.9. The van der Waals surface area contributed by atoms with Gasteiger partial charge in [-0.25, -0.2) is 4.79 Å². The van der Waals surface area contributed by atoms with Gasteiger partial charge in [0.05, 0.1) is 12.6 Å². The Hall–Kier alpha value is -3.09. The van der Waals surface area contributed by atoms with E-state index >= 15 is 0 Å². The largest absolute Gasteiger partial charge is 0.480 e. The van der Waals surface area contributed by atoms with Crippen LogP contribution >= 0.6 is 12.6 Å². The minimum absolute atomic E-state index is 0.113. The second-order valence-electron chi connectivity index (χ2n) is 8.22. The fourth-order valence-electron chi connectivity index (χ4n) is 3.22. The summed E-state index contributed by atoms with van der Waals surface area (Å²) >= 11 is 4.07. The molecule has 186 valence electrons. The molecule has 0 radical (unpaired) electrons. The molecule has 0 saturated heterocycles. The van der Waals surface area contributed by atoms with E-state index in [1.807, 2.05) is 24.3 Å². The van der Waals surface area contributed by atoms with E-state index in [9.17, 15) is 19.2 Å². The molecule has 0 aliphatic carbocycles. The lowest BCUT2D eigenvalue weighted by molar-refractivity contribution is -0.143. The molecular formula is C22H31N5O6S. The van der Waals surface area contributed by atoms with Gasteiger partial charge in [0, 0.05) is 29.3 Å².